The van der Waals surface area contributed by atoms with Crippen LogP contribution in [0.4, 0.5) is 0 Å². The molecule has 4 heteroatoms. The number of hydrogen-bond donors (Lipinski definition) is 3. The lowest BCUT2D eigenvalue weighted by atomic mass is 10.2. The zero-order valence-corrected chi connectivity index (χ0v) is 9.70. The lowest BCUT2D eigenvalue weighted by molar-refractivity contribution is 0.646. The predicted molar refractivity (Wildman–Crippen MR) is 65.7 cm³/mol. The highest BCUT2D eigenvalue weighted by molar-refractivity contribution is 8.03. The van der Waals surface area contributed by atoms with Crippen LogP contribution in [0.25, 0.3) is 0 Å². The maximum atomic E-state index is 7.10. The Balaban J connectivity index is 3.42. The molecule has 0 fully saturated rings. The molecular weight excluding hydrogens is 194 g/mol. The Bertz CT molecular complexity index is 169. The third kappa shape index (κ3) is 8.13. The van der Waals surface area contributed by atoms with Crippen LogP contribution >= 0.6 is 11.8 Å². The summed E-state index contributed by atoms with van der Waals surface area (Å²) >= 11 is 1.48. The van der Waals surface area contributed by atoms with Gasteiger partial charge in [-0.1, -0.05) is 26.2 Å². The first-order chi connectivity index (χ1) is 6.85. The normalized spacial score (nSPS) is 11.4. The molecule has 0 heterocycles. The summed E-state index contributed by atoms with van der Waals surface area (Å²) in [6, 6.07) is 0. The molecule has 0 aromatic carbocycles. The predicted octanol–water partition coefficient (Wildman–Crippen LogP) is 2.30. The molecule has 0 rings (SSSR count). The summed E-state index contributed by atoms with van der Waals surface area (Å²) in [5.74, 6) is 0.527. The molecule has 82 valence electrons. The first-order valence-corrected chi connectivity index (χ1v) is 6.10. The molecule has 0 saturated heterocycles. The van der Waals surface area contributed by atoms with E-state index < -0.39 is 0 Å². The zero-order chi connectivity index (χ0) is 10.6. The van der Waals surface area contributed by atoms with Crippen LogP contribution in [-0.4, -0.2) is 18.6 Å². The molecule has 0 radical (unpaired) electrons. The van der Waals surface area contributed by atoms with Crippen molar-refractivity contribution in [2.75, 3.05) is 12.4 Å². The molecule has 0 aromatic heterocycles. The van der Waals surface area contributed by atoms with E-state index in [0.717, 1.165) is 11.4 Å². The Hall–Kier alpha value is -0.480. The lowest BCUT2D eigenvalue weighted by Gasteiger charge is -2.02. The van der Waals surface area contributed by atoms with Crippen LogP contribution < -0.4 is 11.1 Å². The molecule has 0 atom stereocenters. The maximum Gasteiger partial charge on any atom is 0.0441 e. The molecule has 0 unspecified atom stereocenters. The van der Waals surface area contributed by atoms with Gasteiger partial charge in [-0.15, -0.1) is 11.8 Å². The van der Waals surface area contributed by atoms with Gasteiger partial charge < -0.3 is 16.5 Å². The van der Waals surface area contributed by atoms with Gasteiger partial charge in [-0.05, 0) is 6.42 Å². The van der Waals surface area contributed by atoms with Gasteiger partial charge in [0.15, 0.2) is 0 Å². The van der Waals surface area contributed by atoms with Crippen LogP contribution in [0.5, 0.6) is 0 Å². The number of unbranched alkanes of at least 4 members (excludes halogenated alkanes) is 3. The van der Waals surface area contributed by atoms with E-state index in [1.165, 1.54) is 43.7 Å². The second kappa shape index (κ2) is 10.6. The third-order valence-electron chi connectivity index (χ3n) is 1.81. The van der Waals surface area contributed by atoms with Gasteiger partial charge in [0.1, 0.15) is 0 Å². The van der Waals surface area contributed by atoms with E-state index in [2.05, 4.69) is 12.2 Å². The second-order valence-electron chi connectivity index (χ2n) is 3.02. The minimum atomic E-state index is 0.527. The van der Waals surface area contributed by atoms with Gasteiger partial charge in [-0.25, -0.2) is 0 Å². The smallest absolute Gasteiger partial charge is 0.0441 e. The molecule has 0 amide bonds. The average molecular weight is 215 g/mol. The summed E-state index contributed by atoms with van der Waals surface area (Å²) in [6.07, 6.45) is 8.25. The molecule has 3 nitrogen and oxygen atoms in total. The molecule has 0 aromatic rings. The van der Waals surface area contributed by atoms with Crippen LogP contribution in [0.1, 0.15) is 32.6 Å². The van der Waals surface area contributed by atoms with Crippen molar-refractivity contribution in [1.29, 1.82) is 5.41 Å². The van der Waals surface area contributed by atoms with Crippen molar-refractivity contribution < 1.29 is 0 Å². The van der Waals surface area contributed by atoms with E-state index in [9.17, 15) is 0 Å². The van der Waals surface area contributed by atoms with Crippen molar-refractivity contribution in [1.82, 2.24) is 5.32 Å². The molecule has 14 heavy (non-hydrogen) atoms. The highest BCUT2D eigenvalue weighted by Gasteiger charge is 1.90. The van der Waals surface area contributed by atoms with Crippen LogP contribution in [-0.2, 0) is 0 Å². The fourth-order valence-corrected chi connectivity index (χ4v) is 1.49. The van der Waals surface area contributed by atoms with Crippen LogP contribution in [0.15, 0.2) is 11.1 Å². The number of rotatable bonds is 9. The van der Waals surface area contributed by atoms with Crippen molar-refractivity contribution in [3.05, 3.63) is 11.1 Å². The Morgan fingerprint density at radius 3 is 2.79 bits per heavy atom. The van der Waals surface area contributed by atoms with Gasteiger partial charge >= 0.3 is 0 Å². The number of thioether (sulfide) groups is 1. The quantitative estimate of drug-likeness (QED) is 0.314. The number of nitrogens with two attached hydrogens (primary N) is 1. The second-order valence-corrected chi connectivity index (χ2v) is 4.11. The Labute approximate surface area is 91.0 Å². The topological polar surface area (TPSA) is 61.9 Å². The lowest BCUT2D eigenvalue weighted by Crippen LogP contribution is -2.08. The molecule has 4 N–H and O–H groups in total. The van der Waals surface area contributed by atoms with E-state index in [-0.39, 0.29) is 0 Å². The first-order valence-electron chi connectivity index (χ1n) is 5.12. The highest BCUT2D eigenvalue weighted by Crippen LogP contribution is 2.08. The SMILES string of the molecule is CCCCCCN/C=C(\C=N)SCN. The summed E-state index contributed by atoms with van der Waals surface area (Å²) < 4.78 is 0. The molecule has 0 aliphatic carbocycles. The van der Waals surface area contributed by atoms with Gasteiger partial charge in [0, 0.05) is 29.7 Å². The number of hydrogen-bond acceptors (Lipinski definition) is 4. The molecule has 0 spiro atoms. The van der Waals surface area contributed by atoms with Crippen molar-refractivity contribution in [3.63, 3.8) is 0 Å². The Kier molecular flexibility index (Phi) is 10.2. The maximum absolute atomic E-state index is 7.10. The van der Waals surface area contributed by atoms with E-state index in [1.807, 2.05) is 6.20 Å². The average Bonchev–Trinajstić information content (AvgIpc) is 2.21. The Morgan fingerprint density at radius 2 is 2.21 bits per heavy atom. The highest BCUT2D eigenvalue weighted by atomic mass is 32.2. The monoisotopic (exact) mass is 215 g/mol. The van der Waals surface area contributed by atoms with Crippen molar-refractivity contribution in [2.24, 2.45) is 5.73 Å². The van der Waals surface area contributed by atoms with Crippen LogP contribution in [0.3, 0.4) is 0 Å². The number of allylic oxidation sites excluding steroid dienone is 1. The standard InChI is InChI=1S/C10H21N3S/c1-2-3-4-5-6-13-8-10(7-11)14-9-12/h7-8,11,13H,2-6,9,12H2,1H3/b10-8+,11-7?. The van der Waals surface area contributed by atoms with E-state index in [0.29, 0.717) is 5.88 Å². The molecule has 0 saturated carbocycles. The summed E-state index contributed by atoms with van der Waals surface area (Å²) in [7, 11) is 0. The molecular formula is C10H21N3S. The van der Waals surface area contributed by atoms with Gasteiger partial charge in [0.25, 0.3) is 0 Å². The minimum Gasteiger partial charge on any atom is -0.390 e. The summed E-state index contributed by atoms with van der Waals surface area (Å²) in [5, 5.41) is 10.3. The summed E-state index contributed by atoms with van der Waals surface area (Å²) in [5.41, 5.74) is 5.37. The molecule has 0 bridgehead atoms. The van der Waals surface area contributed by atoms with Gasteiger partial charge in [-0.2, -0.15) is 0 Å². The summed E-state index contributed by atoms with van der Waals surface area (Å²) in [4.78, 5) is 0.892. The van der Waals surface area contributed by atoms with Crippen molar-refractivity contribution >= 4 is 18.0 Å². The molecule has 0 aliphatic rings. The Morgan fingerprint density at radius 1 is 1.43 bits per heavy atom. The fraction of sp³-hybridized carbons (Fsp3) is 0.700. The van der Waals surface area contributed by atoms with Crippen LogP contribution in [0, 0.1) is 5.41 Å². The number of nitrogens with one attached hydrogen (secondary N) is 2. The van der Waals surface area contributed by atoms with Gasteiger partial charge in [0.2, 0.25) is 0 Å². The van der Waals surface area contributed by atoms with E-state index in [1.54, 1.807) is 0 Å². The summed E-state index contributed by atoms with van der Waals surface area (Å²) in [6.45, 7) is 3.20. The third-order valence-corrected chi connectivity index (χ3v) is 2.55. The van der Waals surface area contributed by atoms with E-state index >= 15 is 0 Å². The van der Waals surface area contributed by atoms with Gasteiger partial charge in [0.05, 0.1) is 0 Å². The molecule has 0 aliphatic heterocycles. The fourth-order valence-electron chi connectivity index (χ4n) is 1.05. The van der Waals surface area contributed by atoms with Crippen molar-refractivity contribution in [3.8, 4) is 0 Å². The van der Waals surface area contributed by atoms with E-state index in [4.69, 9.17) is 11.1 Å². The van der Waals surface area contributed by atoms with Crippen molar-refractivity contribution in [2.45, 2.75) is 32.6 Å². The largest absolute Gasteiger partial charge is 0.390 e. The van der Waals surface area contributed by atoms with Crippen LogP contribution in [0.2, 0.25) is 0 Å². The first kappa shape index (κ1) is 13.5. The minimum absolute atomic E-state index is 0.527. The van der Waals surface area contributed by atoms with Gasteiger partial charge in [-0.3, -0.25) is 0 Å². The zero-order valence-electron chi connectivity index (χ0n) is 8.88.